The Labute approximate surface area is 204 Å². The lowest BCUT2D eigenvalue weighted by Crippen LogP contribution is -2.30. The van der Waals surface area contributed by atoms with E-state index >= 15 is 0 Å². The highest BCUT2D eigenvalue weighted by molar-refractivity contribution is 5.81. The van der Waals surface area contributed by atoms with E-state index in [0.29, 0.717) is 23.9 Å². The molecule has 1 amide bonds. The van der Waals surface area contributed by atoms with Crippen LogP contribution in [-0.2, 0) is 11.3 Å². The fourth-order valence-corrected chi connectivity index (χ4v) is 4.02. The largest absolute Gasteiger partial charge is 0.369 e. The summed E-state index contributed by atoms with van der Waals surface area (Å²) >= 11 is 0. The van der Waals surface area contributed by atoms with Gasteiger partial charge in [-0.1, -0.05) is 19.8 Å². The lowest BCUT2D eigenvalue weighted by molar-refractivity contribution is -0.118. The number of fused-ring (bicyclic) bond motifs is 1. The Balaban J connectivity index is 1.75. The Morgan fingerprint density at radius 2 is 1.94 bits per heavy atom. The van der Waals surface area contributed by atoms with Crippen molar-refractivity contribution in [2.45, 2.75) is 32.7 Å². The minimum Gasteiger partial charge on any atom is -0.369 e. The fraction of sp³-hybridized carbons (Fsp3) is 0.308. The van der Waals surface area contributed by atoms with Crippen molar-refractivity contribution in [2.24, 2.45) is 5.73 Å². The van der Waals surface area contributed by atoms with Crippen LogP contribution >= 0.6 is 0 Å². The number of anilines is 1. The van der Waals surface area contributed by atoms with E-state index in [1.807, 2.05) is 40.7 Å². The number of rotatable bonds is 11. The fourth-order valence-electron chi connectivity index (χ4n) is 4.02. The smallest absolute Gasteiger partial charge is 0.231 e. The van der Waals surface area contributed by atoms with E-state index in [2.05, 4.69) is 17.2 Å². The number of primary amides is 1. The SMILES string of the molecule is CCCCCNc1nccc(-c2c(-c3ccc(F)cc3)nc3cc(CN(C)CC(N)=O)ccn23)n1. The molecule has 9 heteroatoms. The van der Waals surface area contributed by atoms with Gasteiger partial charge in [0.25, 0.3) is 0 Å². The van der Waals surface area contributed by atoms with Gasteiger partial charge in [-0.25, -0.2) is 19.3 Å². The van der Waals surface area contributed by atoms with E-state index in [4.69, 9.17) is 15.7 Å². The number of unbranched alkanes of at least 4 members (excludes halogenated alkanes) is 2. The third-order valence-electron chi connectivity index (χ3n) is 5.65. The Bertz CT molecular complexity index is 1300. The van der Waals surface area contributed by atoms with Crippen molar-refractivity contribution in [3.8, 4) is 22.6 Å². The van der Waals surface area contributed by atoms with Crippen LogP contribution in [0, 0.1) is 5.82 Å². The first kappa shape index (κ1) is 24.3. The zero-order valence-corrected chi connectivity index (χ0v) is 20.0. The van der Waals surface area contributed by atoms with E-state index in [9.17, 15) is 9.18 Å². The molecule has 182 valence electrons. The number of imidazole rings is 1. The van der Waals surface area contributed by atoms with Gasteiger partial charge in [0.05, 0.1) is 23.6 Å². The third-order valence-corrected chi connectivity index (χ3v) is 5.65. The molecule has 0 bridgehead atoms. The number of aromatic nitrogens is 4. The molecule has 0 aliphatic heterocycles. The van der Waals surface area contributed by atoms with Gasteiger partial charge in [-0.05, 0) is 61.5 Å². The molecule has 0 atom stereocenters. The van der Waals surface area contributed by atoms with Gasteiger partial charge in [-0.15, -0.1) is 0 Å². The zero-order chi connectivity index (χ0) is 24.8. The topological polar surface area (TPSA) is 101 Å². The van der Waals surface area contributed by atoms with Gasteiger partial charge >= 0.3 is 0 Å². The van der Waals surface area contributed by atoms with Crippen molar-refractivity contribution in [1.82, 2.24) is 24.3 Å². The lowest BCUT2D eigenvalue weighted by Gasteiger charge is -2.14. The van der Waals surface area contributed by atoms with Crippen molar-refractivity contribution in [2.75, 3.05) is 25.5 Å². The number of nitrogens with two attached hydrogens (primary N) is 1. The first-order valence-electron chi connectivity index (χ1n) is 11.8. The number of amides is 1. The molecule has 4 aromatic rings. The molecule has 0 spiro atoms. The summed E-state index contributed by atoms with van der Waals surface area (Å²) in [4.78, 5) is 27.1. The summed E-state index contributed by atoms with van der Waals surface area (Å²) < 4.78 is 15.6. The summed E-state index contributed by atoms with van der Waals surface area (Å²) in [6.45, 7) is 3.69. The van der Waals surface area contributed by atoms with Crippen LogP contribution in [0.5, 0.6) is 0 Å². The first-order valence-corrected chi connectivity index (χ1v) is 11.8. The summed E-state index contributed by atoms with van der Waals surface area (Å²) in [6.07, 6.45) is 7.00. The average molecular weight is 476 g/mol. The second kappa shape index (κ2) is 11.1. The number of likely N-dealkylation sites (N-methyl/N-ethyl adjacent to an activating group) is 1. The molecule has 0 radical (unpaired) electrons. The molecular formula is C26H30FN7O. The molecule has 0 unspecified atom stereocenters. The number of hydrogen-bond acceptors (Lipinski definition) is 6. The van der Waals surface area contributed by atoms with Gasteiger partial charge in [-0.3, -0.25) is 14.1 Å². The van der Waals surface area contributed by atoms with Gasteiger partial charge in [0.15, 0.2) is 0 Å². The normalized spacial score (nSPS) is 11.3. The molecule has 0 saturated carbocycles. The molecule has 0 saturated heterocycles. The molecule has 8 nitrogen and oxygen atoms in total. The van der Waals surface area contributed by atoms with Gasteiger partial charge in [0.2, 0.25) is 11.9 Å². The number of carbonyl (C=O) groups is 1. The van der Waals surface area contributed by atoms with Crippen LogP contribution in [0.15, 0.2) is 54.9 Å². The second-order valence-electron chi connectivity index (χ2n) is 8.62. The van der Waals surface area contributed by atoms with Gasteiger partial charge in [-0.2, -0.15) is 0 Å². The number of nitrogens with zero attached hydrogens (tertiary/aromatic N) is 5. The third kappa shape index (κ3) is 5.99. The van der Waals surface area contributed by atoms with E-state index < -0.39 is 0 Å². The van der Waals surface area contributed by atoms with Crippen molar-refractivity contribution in [3.05, 3.63) is 66.2 Å². The van der Waals surface area contributed by atoms with Crippen LogP contribution in [0.2, 0.25) is 0 Å². The second-order valence-corrected chi connectivity index (χ2v) is 8.62. The monoisotopic (exact) mass is 475 g/mol. The highest BCUT2D eigenvalue weighted by atomic mass is 19.1. The Hall–Kier alpha value is -3.85. The number of hydrogen-bond donors (Lipinski definition) is 2. The van der Waals surface area contributed by atoms with Crippen LogP contribution < -0.4 is 11.1 Å². The minimum absolute atomic E-state index is 0.167. The summed E-state index contributed by atoms with van der Waals surface area (Å²) in [5.41, 5.74) is 10.0. The molecule has 1 aromatic carbocycles. The van der Waals surface area contributed by atoms with Crippen LogP contribution in [0.25, 0.3) is 28.3 Å². The highest BCUT2D eigenvalue weighted by Gasteiger charge is 2.18. The maximum absolute atomic E-state index is 13.6. The molecular weight excluding hydrogens is 445 g/mol. The van der Waals surface area contributed by atoms with Crippen LogP contribution in [0.4, 0.5) is 10.3 Å². The maximum Gasteiger partial charge on any atom is 0.231 e. The summed E-state index contributed by atoms with van der Waals surface area (Å²) in [5, 5.41) is 3.30. The van der Waals surface area contributed by atoms with Crippen molar-refractivity contribution in [3.63, 3.8) is 0 Å². The van der Waals surface area contributed by atoms with E-state index in [1.54, 1.807) is 18.3 Å². The summed E-state index contributed by atoms with van der Waals surface area (Å²) in [7, 11) is 1.84. The predicted molar refractivity (Wildman–Crippen MR) is 135 cm³/mol. The highest BCUT2D eigenvalue weighted by Crippen LogP contribution is 2.32. The van der Waals surface area contributed by atoms with Crippen molar-refractivity contribution in [1.29, 1.82) is 0 Å². The van der Waals surface area contributed by atoms with Crippen LogP contribution in [0.1, 0.15) is 31.7 Å². The molecule has 0 aliphatic rings. The number of carbonyl (C=O) groups excluding carboxylic acids is 1. The standard InChI is InChI=1S/C26H30FN7O/c1-3-4-5-12-29-26-30-13-10-21(31-26)25-24(19-6-8-20(27)9-7-19)32-23-15-18(11-14-34(23)25)16-33(2)17-22(28)35/h6-11,13-15H,3-5,12,16-17H2,1-2H3,(H2,28,35)(H,29,30,31). The quantitative estimate of drug-likeness (QED) is 0.317. The summed E-state index contributed by atoms with van der Waals surface area (Å²) in [6, 6.07) is 12.1. The maximum atomic E-state index is 13.6. The van der Waals surface area contributed by atoms with Crippen LogP contribution in [-0.4, -0.2) is 50.3 Å². The Morgan fingerprint density at radius 1 is 1.14 bits per heavy atom. The van der Waals surface area contributed by atoms with E-state index in [-0.39, 0.29) is 18.3 Å². The Kier molecular flexibility index (Phi) is 7.67. The van der Waals surface area contributed by atoms with E-state index in [0.717, 1.165) is 48.3 Å². The number of halogens is 1. The number of nitrogens with one attached hydrogen (secondary N) is 1. The Morgan fingerprint density at radius 3 is 2.69 bits per heavy atom. The lowest BCUT2D eigenvalue weighted by atomic mass is 10.1. The summed E-state index contributed by atoms with van der Waals surface area (Å²) in [5.74, 6) is -0.124. The first-order chi connectivity index (χ1) is 16.9. The zero-order valence-electron chi connectivity index (χ0n) is 20.0. The number of benzene rings is 1. The van der Waals surface area contributed by atoms with Crippen molar-refractivity contribution >= 4 is 17.5 Å². The molecule has 3 heterocycles. The molecule has 4 rings (SSSR count). The van der Waals surface area contributed by atoms with Gasteiger partial charge in [0.1, 0.15) is 11.5 Å². The molecule has 0 aliphatic carbocycles. The molecule has 3 aromatic heterocycles. The predicted octanol–water partition coefficient (Wildman–Crippen LogP) is 4.12. The molecule has 3 N–H and O–H groups in total. The van der Waals surface area contributed by atoms with Gasteiger partial charge < -0.3 is 11.1 Å². The van der Waals surface area contributed by atoms with Crippen molar-refractivity contribution < 1.29 is 9.18 Å². The van der Waals surface area contributed by atoms with Crippen LogP contribution in [0.3, 0.4) is 0 Å². The average Bonchev–Trinajstić information content (AvgIpc) is 3.20. The molecule has 35 heavy (non-hydrogen) atoms. The van der Waals surface area contributed by atoms with Gasteiger partial charge in [0, 0.05) is 31.0 Å². The number of pyridine rings is 1. The van der Waals surface area contributed by atoms with E-state index in [1.165, 1.54) is 12.1 Å². The minimum atomic E-state index is -0.377. The molecule has 0 fully saturated rings.